The molecule has 0 aliphatic carbocycles. The van der Waals surface area contributed by atoms with E-state index in [9.17, 15) is 0 Å². The summed E-state index contributed by atoms with van der Waals surface area (Å²) in [6.07, 6.45) is 2.45. The van der Waals surface area contributed by atoms with E-state index in [-0.39, 0.29) is 6.10 Å². The summed E-state index contributed by atoms with van der Waals surface area (Å²) in [6, 6.07) is 5.69. The van der Waals surface area contributed by atoms with Gasteiger partial charge in [0.15, 0.2) is 0 Å². The third kappa shape index (κ3) is 2.89. The van der Waals surface area contributed by atoms with E-state index in [4.69, 9.17) is 14.2 Å². The van der Waals surface area contributed by atoms with Gasteiger partial charge in [-0.25, -0.2) is 0 Å². The van der Waals surface area contributed by atoms with Crippen molar-refractivity contribution in [3.63, 3.8) is 0 Å². The van der Waals surface area contributed by atoms with Crippen molar-refractivity contribution in [1.29, 1.82) is 0 Å². The fraction of sp³-hybridized carbons (Fsp3) is 0.500. The quantitative estimate of drug-likeness (QED) is 0.852. The van der Waals surface area contributed by atoms with Gasteiger partial charge in [-0.05, 0) is 40.9 Å². The molecule has 1 heterocycles. The molecule has 1 aromatic rings. The Hall–Kier alpha value is -0.740. The summed E-state index contributed by atoms with van der Waals surface area (Å²) in [6.45, 7) is 1.46. The maximum atomic E-state index is 5.71. The van der Waals surface area contributed by atoms with Crippen molar-refractivity contribution in [3.05, 3.63) is 22.7 Å². The summed E-state index contributed by atoms with van der Waals surface area (Å²) in [5.74, 6) is 1.60. The molecule has 4 heteroatoms. The molecule has 2 rings (SSSR count). The highest BCUT2D eigenvalue weighted by atomic mass is 79.9. The number of rotatable bonds is 4. The third-order valence-electron chi connectivity index (χ3n) is 2.59. The topological polar surface area (TPSA) is 27.7 Å². The summed E-state index contributed by atoms with van der Waals surface area (Å²) in [5.41, 5.74) is 0. The van der Waals surface area contributed by atoms with Crippen LogP contribution >= 0.6 is 15.9 Å². The first-order valence-electron chi connectivity index (χ1n) is 5.37. The summed E-state index contributed by atoms with van der Waals surface area (Å²) < 4.78 is 17.3. The normalized spacial score (nSPS) is 19.8. The van der Waals surface area contributed by atoms with E-state index < -0.39 is 0 Å². The molecule has 0 N–H and O–H groups in total. The lowest BCUT2D eigenvalue weighted by Crippen LogP contribution is -2.16. The van der Waals surface area contributed by atoms with E-state index in [1.165, 1.54) is 0 Å². The van der Waals surface area contributed by atoms with E-state index in [1.807, 2.05) is 18.2 Å². The van der Waals surface area contributed by atoms with Gasteiger partial charge in [0.05, 0.1) is 17.7 Å². The highest BCUT2D eigenvalue weighted by Crippen LogP contribution is 2.29. The summed E-state index contributed by atoms with van der Waals surface area (Å²) in [7, 11) is 1.65. The maximum absolute atomic E-state index is 5.71. The van der Waals surface area contributed by atoms with Crippen LogP contribution in [0.25, 0.3) is 0 Å². The van der Waals surface area contributed by atoms with Crippen LogP contribution in [-0.2, 0) is 4.74 Å². The Morgan fingerprint density at radius 3 is 3.06 bits per heavy atom. The molecular weight excluding hydrogens is 272 g/mol. The Bertz CT molecular complexity index is 348. The molecule has 1 aliphatic heterocycles. The summed E-state index contributed by atoms with van der Waals surface area (Å²) >= 11 is 3.45. The average molecular weight is 287 g/mol. The van der Waals surface area contributed by atoms with Gasteiger partial charge in [0.1, 0.15) is 18.1 Å². The molecule has 1 aliphatic rings. The van der Waals surface area contributed by atoms with Crippen LogP contribution < -0.4 is 9.47 Å². The van der Waals surface area contributed by atoms with E-state index in [0.717, 1.165) is 35.4 Å². The molecule has 1 aromatic carbocycles. The van der Waals surface area contributed by atoms with Crippen LogP contribution in [0, 0.1) is 0 Å². The molecular formula is C12H15BrO3. The van der Waals surface area contributed by atoms with Crippen LogP contribution in [0.15, 0.2) is 22.7 Å². The molecule has 88 valence electrons. The fourth-order valence-corrected chi connectivity index (χ4v) is 2.04. The zero-order valence-corrected chi connectivity index (χ0v) is 10.8. The van der Waals surface area contributed by atoms with Crippen LogP contribution in [0.2, 0.25) is 0 Å². The average Bonchev–Trinajstić information content (AvgIpc) is 2.81. The maximum Gasteiger partial charge on any atom is 0.137 e. The molecule has 0 amide bonds. The van der Waals surface area contributed by atoms with Crippen molar-refractivity contribution < 1.29 is 14.2 Å². The standard InChI is InChI=1S/C12H15BrO3/c1-14-9-4-5-11(13)12(7-9)16-8-10-3-2-6-15-10/h4-5,7,10H,2-3,6,8H2,1H3. The minimum atomic E-state index is 0.234. The molecule has 1 unspecified atom stereocenters. The predicted molar refractivity (Wildman–Crippen MR) is 65.2 cm³/mol. The number of hydrogen-bond acceptors (Lipinski definition) is 3. The van der Waals surface area contributed by atoms with Crippen LogP contribution in [0.1, 0.15) is 12.8 Å². The third-order valence-corrected chi connectivity index (χ3v) is 3.24. The molecule has 0 bridgehead atoms. The minimum absolute atomic E-state index is 0.234. The highest BCUT2D eigenvalue weighted by Gasteiger charge is 2.16. The van der Waals surface area contributed by atoms with Gasteiger partial charge in [-0.15, -0.1) is 0 Å². The Balaban J connectivity index is 1.96. The first kappa shape index (κ1) is 11.7. The number of benzene rings is 1. The Morgan fingerprint density at radius 1 is 1.50 bits per heavy atom. The van der Waals surface area contributed by atoms with Gasteiger partial charge in [0.2, 0.25) is 0 Å². The van der Waals surface area contributed by atoms with Crippen LogP contribution in [0.3, 0.4) is 0 Å². The lowest BCUT2D eigenvalue weighted by molar-refractivity contribution is 0.0676. The Labute approximate surface area is 104 Å². The molecule has 3 nitrogen and oxygen atoms in total. The molecule has 0 saturated carbocycles. The van der Waals surface area contributed by atoms with Crippen molar-refractivity contribution in [1.82, 2.24) is 0 Å². The van der Waals surface area contributed by atoms with E-state index >= 15 is 0 Å². The number of methoxy groups -OCH3 is 1. The van der Waals surface area contributed by atoms with Gasteiger partial charge in [0.25, 0.3) is 0 Å². The minimum Gasteiger partial charge on any atom is -0.497 e. The first-order chi connectivity index (χ1) is 7.79. The van der Waals surface area contributed by atoms with Crippen molar-refractivity contribution in [2.45, 2.75) is 18.9 Å². The van der Waals surface area contributed by atoms with Gasteiger partial charge in [0, 0.05) is 12.7 Å². The second-order valence-corrected chi connectivity index (χ2v) is 4.60. The van der Waals surface area contributed by atoms with Crippen molar-refractivity contribution in [2.24, 2.45) is 0 Å². The van der Waals surface area contributed by atoms with Crippen molar-refractivity contribution >= 4 is 15.9 Å². The van der Waals surface area contributed by atoms with Crippen molar-refractivity contribution in [3.8, 4) is 11.5 Å². The molecule has 1 saturated heterocycles. The lowest BCUT2D eigenvalue weighted by Gasteiger charge is -2.13. The lowest BCUT2D eigenvalue weighted by atomic mass is 10.2. The SMILES string of the molecule is COc1ccc(Br)c(OCC2CCCO2)c1. The predicted octanol–water partition coefficient (Wildman–Crippen LogP) is 3.02. The molecule has 0 aromatic heterocycles. The summed E-state index contributed by atoms with van der Waals surface area (Å²) in [4.78, 5) is 0. The van der Waals surface area contributed by atoms with Crippen LogP contribution in [0.5, 0.6) is 11.5 Å². The van der Waals surface area contributed by atoms with E-state index in [1.54, 1.807) is 7.11 Å². The molecule has 1 fully saturated rings. The molecule has 16 heavy (non-hydrogen) atoms. The monoisotopic (exact) mass is 286 g/mol. The van der Waals surface area contributed by atoms with Crippen molar-refractivity contribution in [2.75, 3.05) is 20.3 Å². The van der Waals surface area contributed by atoms with Crippen LogP contribution in [-0.4, -0.2) is 26.4 Å². The van der Waals surface area contributed by atoms with Gasteiger partial charge in [-0.2, -0.15) is 0 Å². The zero-order chi connectivity index (χ0) is 11.4. The van der Waals surface area contributed by atoms with Crippen LogP contribution in [0.4, 0.5) is 0 Å². The van der Waals surface area contributed by atoms with Gasteiger partial charge < -0.3 is 14.2 Å². The first-order valence-corrected chi connectivity index (χ1v) is 6.17. The largest absolute Gasteiger partial charge is 0.497 e. The molecule has 0 spiro atoms. The second kappa shape index (κ2) is 5.55. The van der Waals surface area contributed by atoms with E-state index in [0.29, 0.717) is 6.61 Å². The highest BCUT2D eigenvalue weighted by molar-refractivity contribution is 9.10. The molecule has 1 atom stereocenters. The number of ether oxygens (including phenoxy) is 3. The van der Waals surface area contributed by atoms with Gasteiger partial charge >= 0.3 is 0 Å². The number of hydrogen-bond donors (Lipinski definition) is 0. The smallest absolute Gasteiger partial charge is 0.137 e. The Kier molecular flexibility index (Phi) is 4.07. The van der Waals surface area contributed by atoms with Gasteiger partial charge in [-0.3, -0.25) is 0 Å². The van der Waals surface area contributed by atoms with E-state index in [2.05, 4.69) is 15.9 Å². The van der Waals surface area contributed by atoms with Gasteiger partial charge in [-0.1, -0.05) is 0 Å². The molecule has 0 radical (unpaired) electrons. The second-order valence-electron chi connectivity index (χ2n) is 3.74. The summed E-state index contributed by atoms with van der Waals surface area (Å²) in [5, 5.41) is 0. The number of halogens is 1. The zero-order valence-electron chi connectivity index (χ0n) is 9.24. The Morgan fingerprint density at radius 2 is 2.38 bits per heavy atom. The fourth-order valence-electron chi connectivity index (χ4n) is 1.68.